The third kappa shape index (κ3) is 3.57. The highest BCUT2D eigenvalue weighted by Gasteiger charge is 2.41. The summed E-state index contributed by atoms with van der Waals surface area (Å²) in [5.74, 6) is 0. The van der Waals surface area contributed by atoms with Crippen molar-refractivity contribution in [3.8, 4) is 0 Å². The maximum atomic E-state index is 12.7. The second kappa shape index (κ2) is 5.69. The number of benzene rings is 1. The maximum absolute atomic E-state index is 12.7. The van der Waals surface area contributed by atoms with Gasteiger partial charge in [-0.3, -0.25) is 0 Å². The van der Waals surface area contributed by atoms with E-state index in [0.717, 1.165) is 5.39 Å². The molecule has 0 aliphatic rings. The normalized spacial score (nSPS) is 16.9. The van der Waals surface area contributed by atoms with Gasteiger partial charge in [0.2, 0.25) is 0 Å². The van der Waals surface area contributed by atoms with Gasteiger partial charge in [-0.05, 0) is 31.2 Å². The molecule has 2 aromatic rings. The molecular formula is C15H18F3NO2. The minimum absolute atomic E-state index is 0.333. The average molecular weight is 301 g/mol. The summed E-state index contributed by atoms with van der Waals surface area (Å²) in [7, 11) is 0. The number of halogens is 3. The van der Waals surface area contributed by atoms with Crippen LogP contribution in [-0.2, 0) is 5.60 Å². The zero-order valence-electron chi connectivity index (χ0n) is 11.9. The van der Waals surface area contributed by atoms with Crippen molar-refractivity contribution in [2.75, 3.05) is 6.54 Å². The molecule has 2 unspecified atom stereocenters. The maximum Gasteiger partial charge on any atom is 0.390 e. The van der Waals surface area contributed by atoms with E-state index in [1.807, 2.05) is 0 Å². The molecule has 0 fully saturated rings. The smallest absolute Gasteiger partial charge is 0.390 e. The number of aliphatic hydroxyl groups is 1. The lowest BCUT2D eigenvalue weighted by Crippen LogP contribution is -2.49. The van der Waals surface area contributed by atoms with Gasteiger partial charge >= 0.3 is 6.18 Å². The zero-order valence-corrected chi connectivity index (χ0v) is 11.9. The minimum atomic E-state index is -4.36. The first-order valence-corrected chi connectivity index (χ1v) is 6.74. The van der Waals surface area contributed by atoms with Crippen LogP contribution in [-0.4, -0.2) is 23.9 Å². The van der Waals surface area contributed by atoms with E-state index >= 15 is 0 Å². The molecule has 1 aromatic heterocycles. The number of hydrogen-bond donors (Lipinski definition) is 2. The van der Waals surface area contributed by atoms with E-state index < -0.39 is 24.2 Å². The lowest BCUT2D eigenvalue weighted by Gasteiger charge is -2.34. The Morgan fingerprint density at radius 1 is 1.29 bits per heavy atom. The molecule has 0 bridgehead atoms. The van der Waals surface area contributed by atoms with Gasteiger partial charge < -0.3 is 14.8 Å². The van der Waals surface area contributed by atoms with Crippen LogP contribution in [0.1, 0.15) is 25.8 Å². The monoisotopic (exact) mass is 301 g/mol. The van der Waals surface area contributed by atoms with Crippen molar-refractivity contribution >= 4 is 11.0 Å². The summed E-state index contributed by atoms with van der Waals surface area (Å²) < 4.78 is 43.4. The third-order valence-electron chi connectivity index (χ3n) is 3.61. The Morgan fingerprint density at radius 2 is 2.00 bits per heavy atom. The van der Waals surface area contributed by atoms with Crippen LogP contribution in [0.2, 0.25) is 0 Å². The standard InChI is InChI=1S/C15H18F3NO2/c1-3-19-13(9-15(16,17)18)14(2,20)11-5-4-10-6-7-21-12(10)8-11/h4-8,13,19-20H,3,9H2,1-2H3. The fraction of sp³-hybridized carbons (Fsp3) is 0.467. The first-order chi connectivity index (χ1) is 9.74. The van der Waals surface area contributed by atoms with Crippen molar-refractivity contribution in [3.63, 3.8) is 0 Å². The number of nitrogens with one attached hydrogen (secondary N) is 1. The van der Waals surface area contributed by atoms with Gasteiger partial charge in [0.1, 0.15) is 11.2 Å². The van der Waals surface area contributed by atoms with Gasteiger partial charge in [0.15, 0.2) is 0 Å². The molecular weight excluding hydrogens is 283 g/mol. The second-order valence-corrected chi connectivity index (χ2v) is 5.25. The number of hydrogen-bond acceptors (Lipinski definition) is 3. The van der Waals surface area contributed by atoms with Crippen molar-refractivity contribution in [1.82, 2.24) is 5.32 Å². The summed E-state index contributed by atoms with van der Waals surface area (Å²) in [4.78, 5) is 0. The second-order valence-electron chi connectivity index (χ2n) is 5.25. The average Bonchev–Trinajstić information content (AvgIpc) is 2.83. The van der Waals surface area contributed by atoms with Crippen molar-refractivity contribution in [1.29, 1.82) is 0 Å². The Balaban J connectivity index is 2.35. The van der Waals surface area contributed by atoms with Crippen molar-refractivity contribution in [2.24, 2.45) is 0 Å². The molecule has 1 heterocycles. The highest BCUT2D eigenvalue weighted by atomic mass is 19.4. The van der Waals surface area contributed by atoms with Crippen LogP contribution < -0.4 is 5.32 Å². The van der Waals surface area contributed by atoms with Gasteiger partial charge in [-0.15, -0.1) is 0 Å². The molecule has 0 aliphatic heterocycles. The minimum Gasteiger partial charge on any atom is -0.464 e. The van der Waals surface area contributed by atoms with Gasteiger partial charge in [-0.25, -0.2) is 0 Å². The first kappa shape index (κ1) is 15.9. The molecule has 0 spiro atoms. The molecule has 6 heteroatoms. The molecule has 0 saturated heterocycles. The van der Waals surface area contributed by atoms with Crippen LogP contribution in [0.5, 0.6) is 0 Å². The molecule has 2 rings (SSSR count). The Bertz CT molecular complexity index is 604. The van der Waals surface area contributed by atoms with Gasteiger partial charge in [0.05, 0.1) is 12.7 Å². The topological polar surface area (TPSA) is 45.4 Å². The van der Waals surface area contributed by atoms with E-state index in [9.17, 15) is 18.3 Å². The zero-order chi connectivity index (χ0) is 15.7. The molecule has 0 amide bonds. The summed E-state index contributed by atoms with van der Waals surface area (Å²) >= 11 is 0. The Labute approximate surface area is 120 Å². The number of alkyl halides is 3. The molecule has 21 heavy (non-hydrogen) atoms. The van der Waals surface area contributed by atoms with E-state index in [1.54, 1.807) is 31.2 Å². The number of fused-ring (bicyclic) bond motifs is 1. The molecule has 2 N–H and O–H groups in total. The highest BCUT2D eigenvalue weighted by molar-refractivity contribution is 5.77. The Hall–Kier alpha value is -1.53. The predicted octanol–water partition coefficient (Wildman–Crippen LogP) is 3.57. The van der Waals surface area contributed by atoms with E-state index in [4.69, 9.17) is 4.42 Å². The summed E-state index contributed by atoms with van der Waals surface area (Å²) in [6.07, 6.45) is -3.96. The van der Waals surface area contributed by atoms with Crippen molar-refractivity contribution in [2.45, 2.75) is 38.1 Å². The van der Waals surface area contributed by atoms with Crippen LogP contribution >= 0.6 is 0 Å². The molecule has 1 aromatic carbocycles. The number of furan rings is 1. The fourth-order valence-electron chi connectivity index (χ4n) is 2.42. The summed E-state index contributed by atoms with van der Waals surface area (Å²) in [5, 5.41) is 14.2. The number of rotatable bonds is 5. The molecule has 0 saturated carbocycles. The van der Waals surface area contributed by atoms with Gasteiger partial charge in [-0.2, -0.15) is 13.2 Å². The quantitative estimate of drug-likeness (QED) is 0.887. The van der Waals surface area contributed by atoms with Gasteiger partial charge in [-0.1, -0.05) is 19.1 Å². The predicted molar refractivity (Wildman–Crippen MR) is 73.9 cm³/mol. The van der Waals surface area contributed by atoms with E-state index in [2.05, 4.69) is 5.32 Å². The van der Waals surface area contributed by atoms with Crippen LogP contribution in [0.3, 0.4) is 0 Å². The summed E-state index contributed by atoms with van der Waals surface area (Å²) in [5.41, 5.74) is -0.734. The summed E-state index contributed by atoms with van der Waals surface area (Å²) in [6.45, 7) is 3.42. The highest BCUT2D eigenvalue weighted by Crippen LogP contribution is 2.33. The van der Waals surface area contributed by atoms with Crippen LogP contribution in [0.4, 0.5) is 13.2 Å². The van der Waals surface area contributed by atoms with Crippen LogP contribution in [0.25, 0.3) is 11.0 Å². The largest absolute Gasteiger partial charge is 0.464 e. The molecule has 2 atom stereocenters. The third-order valence-corrected chi connectivity index (χ3v) is 3.61. The van der Waals surface area contributed by atoms with Crippen molar-refractivity contribution in [3.05, 3.63) is 36.1 Å². The van der Waals surface area contributed by atoms with Crippen LogP contribution in [0.15, 0.2) is 34.9 Å². The molecule has 116 valence electrons. The first-order valence-electron chi connectivity index (χ1n) is 6.74. The van der Waals surface area contributed by atoms with Crippen LogP contribution in [0, 0.1) is 0 Å². The molecule has 3 nitrogen and oxygen atoms in total. The number of likely N-dealkylation sites (N-methyl/N-ethyl adjacent to an activating group) is 1. The fourth-order valence-corrected chi connectivity index (χ4v) is 2.42. The SMILES string of the molecule is CCNC(CC(F)(F)F)C(C)(O)c1ccc2ccoc2c1. The van der Waals surface area contributed by atoms with E-state index in [0.29, 0.717) is 17.7 Å². The van der Waals surface area contributed by atoms with Gasteiger partial charge in [0.25, 0.3) is 0 Å². The lowest BCUT2D eigenvalue weighted by atomic mass is 9.85. The molecule has 0 radical (unpaired) electrons. The van der Waals surface area contributed by atoms with E-state index in [1.165, 1.54) is 13.2 Å². The Morgan fingerprint density at radius 3 is 2.62 bits per heavy atom. The van der Waals surface area contributed by atoms with Crippen molar-refractivity contribution < 1.29 is 22.7 Å². The summed E-state index contributed by atoms with van der Waals surface area (Å²) in [6, 6.07) is 5.55. The lowest BCUT2D eigenvalue weighted by molar-refractivity contribution is -0.155. The van der Waals surface area contributed by atoms with E-state index in [-0.39, 0.29) is 0 Å². The van der Waals surface area contributed by atoms with Gasteiger partial charge in [0, 0.05) is 11.4 Å². The molecule has 0 aliphatic carbocycles. The Kier molecular flexibility index (Phi) is 4.30.